The summed E-state index contributed by atoms with van der Waals surface area (Å²) in [5, 5.41) is 1.42. The second kappa shape index (κ2) is 6.44. The van der Waals surface area contributed by atoms with E-state index in [2.05, 4.69) is 64.2 Å². The van der Waals surface area contributed by atoms with Crippen LogP contribution in [0.2, 0.25) is 13.1 Å². The Labute approximate surface area is 125 Å². The first-order valence-electron chi connectivity index (χ1n) is 8.13. The van der Waals surface area contributed by atoms with Crippen molar-refractivity contribution in [2.75, 3.05) is 0 Å². The number of hydrogen-bond acceptors (Lipinski definition) is 1. The lowest BCUT2D eigenvalue weighted by Crippen LogP contribution is -2.50. The molecule has 2 rings (SSSR count). The van der Waals surface area contributed by atoms with Crippen molar-refractivity contribution in [3.8, 4) is 0 Å². The lowest BCUT2D eigenvalue weighted by Gasteiger charge is -2.41. The Morgan fingerprint density at radius 3 is 2.35 bits per heavy atom. The van der Waals surface area contributed by atoms with Crippen molar-refractivity contribution in [1.82, 2.24) is 0 Å². The van der Waals surface area contributed by atoms with Gasteiger partial charge in [-0.15, -0.1) is 0 Å². The third-order valence-corrected chi connectivity index (χ3v) is 7.49. The first-order valence-corrected chi connectivity index (χ1v) is 11.0. The van der Waals surface area contributed by atoms with Crippen LogP contribution in [-0.4, -0.2) is 14.4 Å². The van der Waals surface area contributed by atoms with E-state index in [4.69, 9.17) is 4.43 Å². The molecule has 0 aliphatic heterocycles. The highest BCUT2D eigenvalue weighted by atomic mass is 28.4. The lowest BCUT2D eigenvalue weighted by molar-refractivity contribution is 0.0417. The Balaban J connectivity index is 2.13. The van der Waals surface area contributed by atoms with Crippen molar-refractivity contribution in [2.24, 2.45) is 17.8 Å². The van der Waals surface area contributed by atoms with Crippen LogP contribution >= 0.6 is 0 Å². The summed E-state index contributed by atoms with van der Waals surface area (Å²) < 4.78 is 6.75. The normalized spacial score (nSPS) is 27.8. The smallest absolute Gasteiger partial charge is 0.218 e. The fraction of sp³-hybridized carbons (Fsp3) is 0.667. The van der Waals surface area contributed by atoms with E-state index in [9.17, 15) is 0 Å². The summed E-state index contributed by atoms with van der Waals surface area (Å²) in [4.78, 5) is 0. The molecule has 1 fully saturated rings. The van der Waals surface area contributed by atoms with Crippen LogP contribution in [0.5, 0.6) is 0 Å². The average Bonchev–Trinajstić information content (AvgIpc) is 2.39. The molecule has 1 aromatic carbocycles. The number of hydrogen-bond donors (Lipinski definition) is 0. The third kappa shape index (κ3) is 3.73. The zero-order valence-corrected chi connectivity index (χ0v) is 14.7. The standard InChI is InChI=1S/C18H30OSi/c1-14(2)17-12-11-15(3)13-18(17)19-20(4,5)16-9-7-6-8-10-16/h6-10,14-15,17-18H,11-13H2,1-5H3. The Hall–Kier alpha value is -0.603. The van der Waals surface area contributed by atoms with Gasteiger partial charge in [0.05, 0.1) is 0 Å². The topological polar surface area (TPSA) is 9.23 Å². The summed E-state index contributed by atoms with van der Waals surface area (Å²) in [6.45, 7) is 11.8. The van der Waals surface area contributed by atoms with Crippen LogP contribution in [-0.2, 0) is 4.43 Å². The van der Waals surface area contributed by atoms with Crippen molar-refractivity contribution in [1.29, 1.82) is 0 Å². The summed E-state index contributed by atoms with van der Waals surface area (Å²) >= 11 is 0. The summed E-state index contributed by atoms with van der Waals surface area (Å²) in [6, 6.07) is 10.8. The van der Waals surface area contributed by atoms with Crippen molar-refractivity contribution < 1.29 is 4.43 Å². The first kappa shape index (κ1) is 15.8. The van der Waals surface area contributed by atoms with Gasteiger partial charge in [0.15, 0.2) is 0 Å². The van der Waals surface area contributed by atoms with Gasteiger partial charge in [-0.2, -0.15) is 0 Å². The van der Waals surface area contributed by atoms with Crippen LogP contribution < -0.4 is 5.19 Å². The quantitative estimate of drug-likeness (QED) is 0.738. The maximum atomic E-state index is 6.75. The van der Waals surface area contributed by atoms with Gasteiger partial charge in [0.25, 0.3) is 0 Å². The molecule has 3 unspecified atom stereocenters. The zero-order valence-electron chi connectivity index (χ0n) is 13.7. The molecule has 1 aliphatic carbocycles. The molecule has 0 amide bonds. The van der Waals surface area contributed by atoms with Gasteiger partial charge in [-0.3, -0.25) is 0 Å². The maximum absolute atomic E-state index is 6.75. The van der Waals surface area contributed by atoms with Crippen LogP contribution in [0.15, 0.2) is 30.3 Å². The molecule has 0 spiro atoms. The van der Waals surface area contributed by atoms with Crippen molar-refractivity contribution in [3.05, 3.63) is 30.3 Å². The van der Waals surface area contributed by atoms with Gasteiger partial charge in [0, 0.05) is 6.10 Å². The van der Waals surface area contributed by atoms with Crippen LogP contribution in [0.1, 0.15) is 40.0 Å². The first-order chi connectivity index (χ1) is 9.40. The monoisotopic (exact) mass is 290 g/mol. The van der Waals surface area contributed by atoms with Gasteiger partial charge in [0.1, 0.15) is 0 Å². The molecule has 3 atom stereocenters. The summed E-state index contributed by atoms with van der Waals surface area (Å²) in [5.41, 5.74) is 0. The molecule has 0 radical (unpaired) electrons. The van der Waals surface area contributed by atoms with E-state index in [0.717, 1.165) is 17.8 Å². The number of rotatable bonds is 4. The molecule has 1 aliphatic rings. The molecule has 0 heterocycles. The van der Waals surface area contributed by atoms with Gasteiger partial charge < -0.3 is 4.43 Å². The van der Waals surface area contributed by atoms with E-state index < -0.39 is 8.32 Å². The molecule has 1 aromatic rings. The zero-order chi connectivity index (χ0) is 14.8. The van der Waals surface area contributed by atoms with Crippen LogP contribution in [0, 0.1) is 17.8 Å². The minimum Gasteiger partial charge on any atom is -0.410 e. The Morgan fingerprint density at radius 2 is 1.75 bits per heavy atom. The molecule has 1 saturated carbocycles. The van der Waals surface area contributed by atoms with Crippen molar-refractivity contribution >= 4 is 13.5 Å². The summed E-state index contributed by atoms with van der Waals surface area (Å²) in [6.07, 6.45) is 4.41. The Morgan fingerprint density at radius 1 is 1.10 bits per heavy atom. The largest absolute Gasteiger partial charge is 0.410 e. The lowest BCUT2D eigenvalue weighted by atomic mass is 9.75. The van der Waals surface area contributed by atoms with E-state index in [0.29, 0.717) is 6.10 Å². The second-order valence-electron chi connectivity index (χ2n) is 7.36. The van der Waals surface area contributed by atoms with E-state index in [1.807, 2.05) is 0 Å². The van der Waals surface area contributed by atoms with Crippen LogP contribution in [0.3, 0.4) is 0 Å². The van der Waals surface area contributed by atoms with Gasteiger partial charge in [-0.1, -0.05) is 57.5 Å². The molecule has 0 saturated heterocycles. The predicted octanol–water partition coefficient (Wildman–Crippen LogP) is 4.58. The third-order valence-electron chi connectivity index (χ3n) is 4.88. The fourth-order valence-electron chi connectivity index (χ4n) is 3.54. The molecule has 0 aromatic heterocycles. The Kier molecular flexibility index (Phi) is 5.08. The van der Waals surface area contributed by atoms with E-state index >= 15 is 0 Å². The average molecular weight is 291 g/mol. The second-order valence-corrected chi connectivity index (χ2v) is 11.2. The minimum atomic E-state index is -1.78. The van der Waals surface area contributed by atoms with Gasteiger partial charge in [0.2, 0.25) is 8.32 Å². The molecule has 112 valence electrons. The van der Waals surface area contributed by atoms with E-state index in [-0.39, 0.29) is 0 Å². The molecule has 20 heavy (non-hydrogen) atoms. The molecule has 0 bridgehead atoms. The molecule has 0 N–H and O–H groups in total. The Bertz CT molecular complexity index is 413. The highest BCUT2D eigenvalue weighted by Crippen LogP contribution is 2.36. The maximum Gasteiger partial charge on any atom is 0.218 e. The van der Waals surface area contributed by atoms with Gasteiger partial charge in [-0.25, -0.2) is 0 Å². The van der Waals surface area contributed by atoms with Crippen LogP contribution in [0.4, 0.5) is 0 Å². The van der Waals surface area contributed by atoms with E-state index in [1.54, 1.807) is 0 Å². The molecule has 1 nitrogen and oxygen atoms in total. The highest BCUT2D eigenvalue weighted by molar-refractivity contribution is 6.84. The van der Waals surface area contributed by atoms with Gasteiger partial charge in [-0.05, 0) is 48.9 Å². The van der Waals surface area contributed by atoms with Crippen molar-refractivity contribution in [2.45, 2.75) is 59.2 Å². The van der Waals surface area contributed by atoms with Crippen molar-refractivity contribution in [3.63, 3.8) is 0 Å². The molecule has 2 heteroatoms. The SMILES string of the molecule is CC1CCC(C(C)C)C(O[Si](C)(C)c2ccccc2)C1. The number of benzene rings is 1. The molecular weight excluding hydrogens is 260 g/mol. The fourth-order valence-corrected chi connectivity index (χ4v) is 5.70. The predicted molar refractivity (Wildman–Crippen MR) is 89.8 cm³/mol. The van der Waals surface area contributed by atoms with Crippen LogP contribution in [0.25, 0.3) is 0 Å². The van der Waals surface area contributed by atoms with Gasteiger partial charge >= 0.3 is 0 Å². The molecular formula is C18H30OSi. The summed E-state index contributed by atoms with van der Waals surface area (Å²) in [5.74, 6) is 2.28. The summed E-state index contributed by atoms with van der Waals surface area (Å²) in [7, 11) is -1.78. The highest BCUT2D eigenvalue weighted by Gasteiger charge is 2.36. The minimum absolute atomic E-state index is 0.459. The van der Waals surface area contributed by atoms with E-state index in [1.165, 1.54) is 24.4 Å².